The van der Waals surface area contributed by atoms with Gasteiger partial charge < -0.3 is 49.2 Å². The van der Waals surface area contributed by atoms with Crippen molar-refractivity contribution in [3.63, 3.8) is 0 Å². The standard InChI is InChI=1S/C50H52N8O10/c1-5-32-34-21-31(59)11-12-39(34)51-43-36(32)25-57-40(43)23-38-37(46(57)63)26-67-47(64)50(38,6-2)68-49(66)56-19-17-55(18-20-56)45(62)28-13-15-54(16-14-28)29-7-9-30(10-8-29)58-44(52-53-48(58)65)35-22-33(27(3)4)41(60)24-42(35)61/h7-12,21-24,27-28,59-61H,5-6,13-20,25-26H2,1-4H3,(H,53,65). The van der Waals surface area contributed by atoms with Crippen LogP contribution in [0.1, 0.15) is 80.7 Å². The number of fused-ring (bicyclic) bond motifs is 5. The third kappa shape index (κ3) is 7.20. The van der Waals surface area contributed by atoms with E-state index < -0.39 is 17.7 Å². The van der Waals surface area contributed by atoms with Gasteiger partial charge in [0, 0.05) is 73.5 Å². The number of hydrogen-bond donors (Lipinski definition) is 4. The summed E-state index contributed by atoms with van der Waals surface area (Å²) in [5.41, 5.74) is 4.33. The van der Waals surface area contributed by atoms with E-state index in [0.29, 0.717) is 66.1 Å². The molecule has 3 aromatic heterocycles. The number of phenols is 3. The van der Waals surface area contributed by atoms with Crippen LogP contribution in [0.15, 0.2) is 65.5 Å². The highest BCUT2D eigenvalue weighted by molar-refractivity contribution is 5.91. The number of carbonyl (C=O) groups is 3. The normalized spacial score (nSPS) is 18.1. The molecule has 352 valence electrons. The number of ether oxygens (including phenoxy) is 2. The summed E-state index contributed by atoms with van der Waals surface area (Å²) in [6.07, 6.45) is 1.17. The molecule has 0 spiro atoms. The van der Waals surface area contributed by atoms with Crippen molar-refractivity contribution in [2.45, 2.75) is 78.0 Å². The van der Waals surface area contributed by atoms with E-state index >= 15 is 0 Å². The van der Waals surface area contributed by atoms with E-state index in [1.165, 1.54) is 15.5 Å². The minimum absolute atomic E-state index is 0.0184. The number of piperazine rings is 1. The predicted octanol–water partition coefficient (Wildman–Crippen LogP) is 6.04. The molecule has 3 aromatic carbocycles. The molecule has 4 aliphatic heterocycles. The second kappa shape index (κ2) is 16.9. The molecule has 4 aliphatic rings. The SMILES string of the molecule is CCc1c2c(nc3ccc(O)cc13)-c1cc3c(c(=O)n1C2)COC(=O)C3(CC)OC(=O)N1CCN(C(=O)C2CCN(c3ccc(-n4c(O)nnc4-c4cc(C(C)C)c(O)cc4O)cc3)CC2)CC1. The molecule has 1 atom stereocenters. The molecule has 18 heteroatoms. The number of aromatic nitrogens is 5. The van der Waals surface area contributed by atoms with E-state index in [2.05, 4.69) is 15.1 Å². The topological polar surface area (TPSA) is 226 Å². The molecule has 0 radical (unpaired) electrons. The van der Waals surface area contributed by atoms with Gasteiger partial charge in [0.2, 0.25) is 11.5 Å². The van der Waals surface area contributed by atoms with Crippen LogP contribution in [0.5, 0.6) is 23.3 Å². The van der Waals surface area contributed by atoms with Gasteiger partial charge in [-0.05, 0) is 97.3 Å². The second-order valence-electron chi connectivity index (χ2n) is 18.2. The second-order valence-corrected chi connectivity index (χ2v) is 18.2. The summed E-state index contributed by atoms with van der Waals surface area (Å²) < 4.78 is 14.8. The number of aryl methyl sites for hydroxylation is 1. The van der Waals surface area contributed by atoms with E-state index in [0.717, 1.165) is 22.2 Å². The average Bonchev–Trinajstić information content (AvgIpc) is 3.91. The van der Waals surface area contributed by atoms with Crippen molar-refractivity contribution in [2.75, 3.05) is 44.2 Å². The zero-order chi connectivity index (χ0) is 47.8. The minimum atomic E-state index is -1.88. The summed E-state index contributed by atoms with van der Waals surface area (Å²) in [5.74, 6) is -0.867. The van der Waals surface area contributed by atoms with Crippen LogP contribution in [-0.4, -0.2) is 112 Å². The van der Waals surface area contributed by atoms with E-state index in [4.69, 9.17) is 14.5 Å². The lowest BCUT2D eigenvalue weighted by atomic mass is 9.85. The fourth-order valence-corrected chi connectivity index (χ4v) is 10.4. The van der Waals surface area contributed by atoms with Crippen molar-refractivity contribution in [2.24, 2.45) is 5.92 Å². The number of nitrogens with zero attached hydrogens (tertiary/aromatic N) is 8. The third-order valence-electron chi connectivity index (χ3n) is 14.2. The van der Waals surface area contributed by atoms with Crippen LogP contribution in [0.4, 0.5) is 10.5 Å². The molecule has 6 aromatic rings. The third-order valence-corrected chi connectivity index (χ3v) is 14.2. The lowest BCUT2D eigenvalue weighted by Gasteiger charge is -2.40. The molecule has 18 nitrogen and oxygen atoms in total. The Balaban J connectivity index is 0.786. The Morgan fingerprint density at radius 2 is 1.54 bits per heavy atom. The maximum absolute atomic E-state index is 14.2. The zero-order valence-electron chi connectivity index (χ0n) is 38.2. The lowest BCUT2D eigenvalue weighted by molar-refractivity contribution is -0.173. The van der Waals surface area contributed by atoms with Gasteiger partial charge in [0.1, 0.15) is 23.9 Å². The molecule has 68 heavy (non-hydrogen) atoms. The Labute approximate surface area is 390 Å². The Kier molecular flexibility index (Phi) is 11.0. The van der Waals surface area contributed by atoms with E-state index in [9.17, 15) is 39.6 Å². The number of anilines is 1. The van der Waals surface area contributed by atoms with Crippen molar-refractivity contribution in [3.8, 4) is 51.7 Å². The van der Waals surface area contributed by atoms with Crippen LogP contribution < -0.4 is 10.5 Å². The van der Waals surface area contributed by atoms with Gasteiger partial charge in [-0.2, -0.15) is 0 Å². The Hall–Kier alpha value is -7.63. The Morgan fingerprint density at radius 3 is 2.24 bits per heavy atom. The molecular weight excluding hydrogens is 873 g/mol. The first kappa shape index (κ1) is 44.2. The molecule has 1 unspecified atom stereocenters. The molecule has 10 rings (SSSR count). The number of esters is 1. The summed E-state index contributed by atoms with van der Waals surface area (Å²) >= 11 is 0. The van der Waals surface area contributed by atoms with Crippen molar-refractivity contribution < 1.29 is 44.3 Å². The number of amides is 2. The highest BCUT2D eigenvalue weighted by atomic mass is 16.6. The predicted molar refractivity (Wildman–Crippen MR) is 249 cm³/mol. The number of cyclic esters (lactones) is 1. The lowest BCUT2D eigenvalue weighted by Crippen LogP contribution is -2.55. The highest BCUT2D eigenvalue weighted by Gasteiger charge is 2.51. The summed E-state index contributed by atoms with van der Waals surface area (Å²) in [7, 11) is 0. The van der Waals surface area contributed by atoms with Gasteiger partial charge in [0.25, 0.3) is 5.56 Å². The van der Waals surface area contributed by atoms with Crippen molar-refractivity contribution in [1.29, 1.82) is 0 Å². The van der Waals surface area contributed by atoms with E-state index in [1.807, 2.05) is 45.0 Å². The molecule has 0 saturated carbocycles. The number of carbonyl (C=O) groups excluding carboxylic acids is 3. The number of hydrogen-bond acceptors (Lipinski definition) is 14. The molecule has 0 aliphatic carbocycles. The van der Waals surface area contributed by atoms with Crippen LogP contribution >= 0.6 is 0 Å². The van der Waals surface area contributed by atoms with E-state index in [1.54, 1.807) is 46.7 Å². The molecule has 2 amide bonds. The minimum Gasteiger partial charge on any atom is -0.508 e. The van der Waals surface area contributed by atoms with Crippen LogP contribution in [0, 0.1) is 5.92 Å². The van der Waals surface area contributed by atoms with Gasteiger partial charge in [-0.25, -0.2) is 19.1 Å². The van der Waals surface area contributed by atoms with Crippen molar-refractivity contribution in [1.82, 2.24) is 34.1 Å². The summed E-state index contributed by atoms with van der Waals surface area (Å²) in [6.45, 7) is 9.80. The van der Waals surface area contributed by atoms with Gasteiger partial charge in [0.15, 0.2) is 5.82 Å². The molecule has 2 fully saturated rings. The smallest absolute Gasteiger partial charge is 0.411 e. The van der Waals surface area contributed by atoms with Gasteiger partial charge in [-0.3, -0.25) is 9.59 Å². The fourth-order valence-electron chi connectivity index (χ4n) is 10.4. The van der Waals surface area contributed by atoms with Gasteiger partial charge in [-0.1, -0.05) is 32.8 Å². The molecule has 2 saturated heterocycles. The molecule has 7 heterocycles. The number of rotatable bonds is 8. The van der Waals surface area contributed by atoms with Crippen molar-refractivity contribution in [3.05, 3.63) is 98.8 Å². The summed E-state index contributed by atoms with van der Waals surface area (Å²) in [4.78, 5) is 66.2. The zero-order valence-corrected chi connectivity index (χ0v) is 38.2. The Bertz CT molecular complexity index is 3090. The van der Waals surface area contributed by atoms with Crippen LogP contribution in [-0.2, 0) is 44.2 Å². The summed E-state index contributed by atoms with van der Waals surface area (Å²) in [6, 6.07) is 16.8. The molecule has 0 bridgehead atoms. The summed E-state index contributed by atoms with van der Waals surface area (Å²) in [5, 5.41) is 50.8. The number of aromatic hydroxyl groups is 4. The van der Waals surface area contributed by atoms with Gasteiger partial charge >= 0.3 is 18.1 Å². The number of benzene rings is 3. The average molecular weight is 925 g/mol. The first-order valence-electron chi connectivity index (χ1n) is 23.1. The first-order valence-corrected chi connectivity index (χ1v) is 23.1. The van der Waals surface area contributed by atoms with Gasteiger partial charge in [-0.15, -0.1) is 5.10 Å². The fraction of sp³-hybridized carbons (Fsp3) is 0.380. The number of phenolic OH excluding ortho intramolecular Hbond substituents is 3. The first-order chi connectivity index (χ1) is 32.7. The Morgan fingerprint density at radius 1 is 0.838 bits per heavy atom. The maximum Gasteiger partial charge on any atom is 0.411 e. The number of pyridine rings is 2. The number of piperidine rings is 1. The van der Waals surface area contributed by atoms with Crippen molar-refractivity contribution >= 4 is 34.6 Å². The largest absolute Gasteiger partial charge is 0.508 e. The van der Waals surface area contributed by atoms with Gasteiger partial charge in [0.05, 0.1) is 40.3 Å². The van der Waals surface area contributed by atoms with Crippen LogP contribution in [0.3, 0.4) is 0 Å². The van der Waals surface area contributed by atoms with Crippen LogP contribution in [0.2, 0.25) is 0 Å². The van der Waals surface area contributed by atoms with E-state index in [-0.39, 0.29) is 109 Å². The molecular formula is C50H52N8O10. The monoisotopic (exact) mass is 924 g/mol. The molecule has 4 N–H and O–H groups in total. The van der Waals surface area contributed by atoms with Crippen LogP contribution in [0.25, 0.3) is 39.4 Å². The highest BCUT2D eigenvalue weighted by Crippen LogP contribution is 2.43. The quantitative estimate of drug-likeness (QED) is 0.128. The maximum atomic E-state index is 14.2.